The molecule has 2 rings (SSSR count). The molecule has 1 aromatic heterocycles. The lowest BCUT2D eigenvalue weighted by Gasteiger charge is -2.09. The predicted octanol–water partition coefficient (Wildman–Crippen LogP) is 3.54. The molecule has 0 unspecified atom stereocenters. The molecule has 0 saturated carbocycles. The van der Waals surface area contributed by atoms with E-state index in [2.05, 4.69) is 5.32 Å². The molecule has 8 heteroatoms. The summed E-state index contributed by atoms with van der Waals surface area (Å²) in [4.78, 5) is 51.1. The van der Waals surface area contributed by atoms with Crippen molar-refractivity contribution in [3.63, 3.8) is 0 Å². The van der Waals surface area contributed by atoms with Gasteiger partial charge in [-0.25, -0.2) is 4.79 Å². The number of carbonyl (C=O) groups excluding carboxylic acids is 4. The van der Waals surface area contributed by atoms with Gasteiger partial charge in [-0.3, -0.25) is 14.4 Å². The highest BCUT2D eigenvalue weighted by atomic mass is 32.1. The molecule has 2 aromatic rings. The van der Waals surface area contributed by atoms with Gasteiger partial charge in [0.1, 0.15) is 5.00 Å². The number of amides is 2. The second-order valence-corrected chi connectivity index (χ2v) is 7.54. The molecule has 0 aliphatic carbocycles. The zero-order valence-electron chi connectivity index (χ0n) is 16.9. The SMILES string of the molecule is CCOC(=O)c1c(NC(=O)CCC(=O)c2ccccc2)sc(C(=O)N(C)C)c1C. The molecule has 0 radical (unpaired) electrons. The Morgan fingerprint density at radius 3 is 2.31 bits per heavy atom. The zero-order chi connectivity index (χ0) is 21.6. The van der Waals surface area contributed by atoms with Gasteiger partial charge in [0.05, 0.1) is 17.0 Å². The molecule has 2 amide bonds. The summed E-state index contributed by atoms with van der Waals surface area (Å²) in [5.41, 5.74) is 1.17. The molecule has 29 heavy (non-hydrogen) atoms. The summed E-state index contributed by atoms with van der Waals surface area (Å²) >= 11 is 1.03. The molecule has 1 aromatic carbocycles. The highest BCUT2D eigenvalue weighted by Gasteiger charge is 2.27. The molecule has 0 aliphatic heterocycles. The van der Waals surface area contributed by atoms with Crippen LogP contribution >= 0.6 is 11.3 Å². The Morgan fingerprint density at radius 2 is 1.72 bits per heavy atom. The summed E-state index contributed by atoms with van der Waals surface area (Å²) in [6.45, 7) is 3.50. The molecule has 154 valence electrons. The summed E-state index contributed by atoms with van der Waals surface area (Å²) in [6.07, 6.45) is 0.00231. The molecule has 0 spiro atoms. The largest absolute Gasteiger partial charge is 0.462 e. The van der Waals surface area contributed by atoms with Gasteiger partial charge >= 0.3 is 5.97 Å². The van der Waals surface area contributed by atoms with Crippen LogP contribution in [0, 0.1) is 6.92 Å². The first kappa shape index (κ1) is 22.3. The lowest BCUT2D eigenvalue weighted by atomic mass is 10.1. The Balaban J connectivity index is 2.18. The van der Waals surface area contributed by atoms with Crippen molar-refractivity contribution in [3.8, 4) is 0 Å². The van der Waals surface area contributed by atoms with Crippen LogP contribution in [-0.4, -0.2) is 49.2 Å². The molecule has 7 nitrogen and oxygen atoms in total. The molecule has 0 saturated heterocycles. The first-order valence-electron chi connectivity index (χ1n) is 9.16. The molecule has 0 atom stereocenters. The Labute approximate surface area is 173 Å². The third-order valence-electron chi connectivity index (χ3n) is 4.15. The van der Waals surface area contributed by atoms with Gasteiger partial charge < -0.3 is 15.0 Å². The van der Waals surface area contributed by atoms with Crippen LogP contribution < -0.4 is 5.32 Å². The van der Waals surface area contributed by atoms with Gasteiger partial charge in [0.15, 0.2) is 5.78 Å². The fraction of sp³-hybridized carbons (Fsp3) is 0.333. The Kier molecular flexibility index (Phi) is 7.67. The standard InChI is InChI=1S/C21H24N2O5S/c1-5-28-21(27)17-13(2)18(20(26)23(3)4)29-19(17)22-16(25)12-11-15(24)14-9-7-6-8-10-14/h6-10H,5,11-12H2,1-4H3,(H,22,25). The van der Waals surface area contributed by atoms with Crippen LogP contribution in [0.15, 0.2) is 30.3 Å². The summed E-state index contributed by atoms with van der Waals surface area (Å²) in [6, 6.07) is 8.72. The summed E-state index contributed by atoms with van der Waals surface area (Å²) < 4.78 is 5.08. The summed E-state index contributed by atoms with van der Waals surface area (Å²) in [7, 11) is 3.22. The van der Waals surface area contributed by atoms with Gasteiger partial charge in [0.25, 0.3) is 5.91 Å². The third kappa shape index (κ3) is 5.51. The number of hydrogen-bond donors (Lipinski definition) is 1. The van der Waals surface area contributed by atoms with Crippen molar-refractivity contribution >= 4 is 39.9 Å². The van der Waals surface area contributed by atoms with Gasteiger partial charge in [-0.1, -0.05) is 30.3 Å². The second kappa shape index (κ2) is 9.97. The smallest absolute Gasteiger partial charge is 0.341 e. The monoisotopic (exact) mass is 416 g/mol. The number of ketones is 1. The summed E-state index contributed by atoms with van der Waals surface area (Å²) in [5, 5.41) is 2.92. The average Bonchev–Trinajstić information content (AvgIpc) is 3.01. The first-order valence-corrected chi connectivity index (χ1v) is 9.98. The van der Waals surface area contributed by atoms with E-state index in [0.29, 0.717) is 16.0 Å². The van der Waals surface area contributed by atoms with Crippen LogP contribution in [0.4, 0.5) is 5.00 Å². The number of Topliss-reactive ketones (excluding diaryl/α,β-unsaturated/α-hetero) is 1. The minimum Gasteiger partial charge on any atom is -0.462 e. The van der Waals surface area contributed by atoms with Crippen LogP contribution in [0.3, 0.4) is 0 Å². The molecule has 0 fully saturated rings. The van der Waals surface area contributed by atoms with Crippen LogP contribution in [0.25, 0.3) is 0 Å². The van der Waals surface area contributed by atoms with Gasteiger partial charge in [-0.05, 0) is 19.4 Å². The van der Waals surface area contributed by atoms with Crippen LogP contribution in [-0.2, 0) is 9.53 Å². The van der Waals surface area contributed by atoms with E-state index in [-0.39, 0.29) is 41.7 Å². The van der Waals surface area contributed by atoms with E-state index in [1.807, 2.05) is 6.07 Å². The zero-order valence-corrected chi connectivity index (χ0v) is 17.7. The number of rotatable bonds is 8. The van der Waals surface area contributed by atoms with Crippen LogP contribution in [0.1, 0.15) is 55.7 Å². The van der Waals surface area contributed by atoms with Crippen molar-refractivity contribution in [2.75, 3.05) is 26.0 Å². The highest BCUT2D eigenvalue weighted by molar-refractivity contribution is 7.18. The maximum absolute atomic E-state index is 12.4. The first-order chi connectivity index (χ1) is 13.8. The minimum absolute atomic E-state index is 0.0378. The number of esters is 1. The van der Waals surface area contributed by atoms with Crippen molar-refractivity contribution in [1.29, 1.82) is 0 Å². The molecule has 0 bridgehead atoms. The fourth-order valence-electron chi connectivity index (χ4n) is 2.64. The fourth-order valence-corrected chi connectivity index (χ4v) is 3.87. The van der Waals surface area contributed by atoms with E-state index in [0.717, 1.165) is 11.3 Å². The second-order valence-electron chi connectivity index (χ2n) is 6.52. The van der Waals surface area contributed by atoms with E-state index in [9.17, 15) is 19.2 Å². The number of nitrogens with zero attached hydrogens (tertiary/aromatic N) is 1. The Morgan fingerprint density at radius 1 is 1.07 bits per heavy atom. The minimum atomic E-state index is -0.602. The lowest BCUT2D eigenvalue weighted by Crippen LogP contribution is -2.21. The topological polar surface area (TPSA) is 92.8 Å². The Bertz CT molecular complexity index is 919. The summed E-state index contributed by atoms with van der Waals surface area (Å²) in [5.74, 6) is -1.42. The van der Waals surface area contributed by atoms with Gasteiger partial charge in [0, 0.05) is 32.5 Å². The molecular formula is C21H24N2O5S. The lowest BCUT2D eigenvalue weighted by molar-refractivity contribution is -0.116. The molecular weight excluding hydrogens is 392 g/mol. The number of nitrogens with one attached hydrogen (secondary N) is 1. The van der Waals surface area contributed by atoms with E-state index in [1.54, 1.807) is 52.2 Å². The normalized spacial score (nSPS) is 10.3. The third-order valence-corrected chi connectivity index (χ3v) is 5.35. The molecule has 0 aliphatic rings. The van der Waals surface area contributed by atoms with E-state index >= 15 is 0 Å². The molecule has 1 heterocycles. The van der Waals surface area contributed by atoms with Gasteiger partial charge in [0.2, 0.25) is 5.91 Å². The highest BCUT2D eigenvalue weighted by Crippen LogP contribution is 2.34. The quantitative estimate of drug-likeness (QED) is 0.525. The number of hydrogen-bond acceptors (Lipinski definition) is 6. The number of thiophene rings is 1. The van der Waals surface area contributed by atoms with E-state index < -0.39 is 11.9 Å². The Hall–Kier alpha value is -3.00. The van der Waals surface area contributed by atoms with Gasteiger partial charge in [-0.15, -0.1) is 11.3 Å². The van der Waals surface area contributed by atoms with Crippen molar-refractivity contribution in [1.82, 2.24) is 4.90 Å². The number of anilines is 1. The maximum atomic E-state index is 12.4. The molecule has 1 N–H and O–H groups in total. The van der Waals surface area contributed by atoms with Crippen molar-refractivity contribution in [2.45, 2.75) is 26.7 Å². The predicted molar refractivity (Wildman–Crippen MR) is 112 cm³/mol. The number of ether oxygens (including phenoxy) is 1. The van der Waals surface area contributed by atoms with Crippen LogP contribution in [0.2, 0.25) is 0 Å². The maximum Gasteiger partial charge on any atom is 0.341 e. The van der Waals surface area contributed by atoms with Gasteiger partial charge in [-0.2, -0.15) is 0 Å². The number of carbonyl (C=O) groups is 4. The van der Waals surface area contributed by atoms with Crippen molar-refractivity contribution in [2.24, 2.45) is 0 Å². The van der Waals surface area contributed by atoms with E-state index in [1.165, 1.54) is 4.90 Å². The van der Waals surface area contributed by atoms with Crippen LogP contribution in [0.5, 0.6) is 0 Å². The number of benzene rings is 1. The average molecular weight is 416 g/mol. The van der Waals surface area contributed by atoms with Crippen molar-refractivity contribution in [3.05, 3.63) is 51.9 Å². The van der Waals surface area contributed by atoms with Crippen molar-refractivity contribution < 1.29 is 23.9 Å². The van der Waals surface area contributed by atoms with E-state index in [4.69, 9.17) is 4.74 Å².